The van der Waals surface area contributed by atoms with E-state index in [4.69, 9.17) is 9.15 Å². The molecular formula is C28H34F2N4O6S. The lowest BCUT2D eigenvalue weighted by molar-refractivity contribution is 0.170. The van der Waals surface area contributed by atoms with E-state index < -0.39 is 39.1 Å². The summed E-state index contributed by atoms with van der Waals surface area (Å²) < 4.78 is 68.5. The molecule has 1 saturated heterocycles. The maximum Gasteiger partial charge on any atom is 0.414 e. The smallest absolute Gasteiger partial charge is 0.414 e. The molecule has 1 aliphatic heterocycles. The summed E-state index contributed by atoms with van der Waals surface area (Å²) in [6.07, 6.45) is -1.02. The van der Waals surface area contributed by atoms with E-state index in [1.54, 1.807) is 13.8 Å². The minimum atomic E-state index is -3.80. The molecule has 0 unspecified atom stereocenters. The van der Waals surface area contributed by atoms with Crippen molar-refractivity contribution in [3.05, 3.63) is 69.1 Å². The van der Waals surface area contributed by atoms with Crippen LogP contribution >= 0.6 is 0 Å². The number of nitrogens with zero attached hydrogens (tertiary/aromatic N) is 2. The highest BCUT2D eigenvalue weighted by molar-refractivity contribution is 7.92. The van der Waals surface area contributed by atoms with Crippen LogP contribution in [0.25, 0.3) is 11.0 Å². The average molecular weight is 593 g/mol. The summed E-state index contributed by atoms with van der Waals surface area (Å²) in [6, 6.07) is 6.56. The third-order valence-electron chi connectivity index (χ3n) is 6.59. The maximum atomic E-state index is 15.6. The third kappa shape index (κ3) is 7.40. The average Bonchev–Trinajstić information content (AvgIpc) is 2.88. The van der Waals surface area contributed by atoms with Gasteiger partial charge in [0.05, 0.1) is 11.4 Å². The van der Waals surface area contributed by atoms with E-state index in [1.165, 1.54) is 32.3 Å². The van der Waals surface area contributed by atoms with Crippen LogP contribution in [0, 0.1) is 17.6 Å². The van der Waals surface area contributed by atoms with Crippen LogP contribution in [0.5, 0.6) is 5.75 Å². The quantitative estimate of drug-likeness (QED) is 0.362. The number of amides is 1. The van der Waals surface area contributed by atoms with Gasteiger partial charge in [-0.15, -0.1) is 0 Å². The number of carbonyl (C=O) groups excluding carboxylic acids is 1. The van der Waals surface area contributed by atoms with Crippen LogP contribution in [0.15, 0.2) is 39.5 Å². The second-order valence-corrected chi connectivity index (χ2v) is 12.4. The Labute approximate surface area is 237 Å². The second kappa shape index (κ2) is 12.5. The predicted molar refractivity (Wildman–Crippen MR) is 152 cm³/mol. The fraction of sp³-hybridized carbons (Fsp3) is 0.429. The molecule has 222 valence electrons. The number of hydrogen-bond donors (Lipinski definition) is 2. The molecule has 0 spiro atoms. The van der Waals surface area contributed by atoms with Gasteiger partial charge in [-0.05, 0) is 29.2 Å². The molecule has 0 aliphatic carbocycles. The monoisotopic (exact) mass is 592 g/mol. The van der Waals surface area contributed by atoms with Gasteiger partial charge >= 0.3 is 11.7 Å². The molecular weight excluding hydrogens is 558 g/mol. The lowest BCUT2D eigenvalue weighted by Crippen LogP contribution is -2.43. The van der Waals surface area contributed by atoms with E-state index in [9.17, 15) is 18.0 Å². The molecule has 0 atom stereocenters. The van der Waals surface area contributed by atoms with E-state index in [2.05, 4.69) is 14.9 Å². The molecule has 2 heterocycles. The third-order valence-corrected chi connectivity index (χ3v) is 8.23. The first-order valence-electron chi connectivity index (χ1n) is 13.2. The summed E-state index contributed by atoms with van der Waals surface area (Å²) in [7, 11) is -0.903. The number of rotatable bonds is 9. The minimum absolute atomic E-state index is 0.0162. The fourth-order valence-corrected chi connectivity index (χ4v) is 6.11. The normalized spacial score (nSPS) is 14.4. The Morgan fingerprint density at radius 3 is 2.54 bits per heavy atom. The standard InChI is InChI=1S/C28H34F2N4O6S/c1-17(2)16-41(37,38)32-23-7-5-6-18(26(23)30)12-20-21(15-34-10-8-31-9-11-34)19-13-22(29)25(40-28(36)33(3)4)14-24(19)39-27(20)35/h5-7,13-14,17,31-32H,8-12,15-16H2,1-4H3. The molecule has 10 nitrogen and oxygen atoms in total. The van der Waals surface area contributed by atoms with Gasteiger partial charge in [-0.25, -0.2) is 26.8 Å². The number of halogens is 2. The van der Waals surface area contributed by atoms with Crippen molar-refractivity contribution in [3.63, 3.8) is 0 Å². The van der Waals surface area contributed by atoms with Crippen LogP contribution in [0.3, 0.4) is 0 Å². The van der Waals surface area contributed by atoms with E-state index in [-0.39, 0.29) is 52.4 Å². The number of sulfonamides is 1. The number of carbonyl (C=O) groups is 1. The molecule has 1 fully saturated rings. The van der Waals surface area contributed by atoms with Crippen LogP contribution < -0.4 is 20.4 Å². The van der Waals surface area contributed by atoms with Crippen molar-refractivity contribution in [1.29, 1.82) is 0 Å². The summed E-state index contributed by atoms with van der Waals surface area (Å²) >= 11 is 0. The molecule has 41 heavy (non-hydrogen) atoms. The second-order valence-electron chi connectivity index (χ2n) is 10.6. The Kier molecular flexibility index (Phi) is 9.30. The van der Waals surface area contributed by atoms with Crippen molar-refractivity contribution in [3.8, 4) is 5.75 Å². The number of fused-ring (bicyclic) bond motifs is 1. The van der Waals surface area contributed by atoms with Gasteiger partial charge < -0.3 is 19.4 Å². The lowest BCUT2D eigenvalue weighted by Gasteiger charge is -2.28. The van der Waals surface area contributed by atoms with Crippen LogP contribution in [0.2, 0.25) is 0 Å². The first kappa shape index (κ1) is 30.4. The first-order chi connectivity index (χ1) is 19.3. The Hall–Kier alpha value is -3.55. The summed E-state index contributed by atoms with van der Waals surface area (Å²) in [5, 5.41) is 3.54. The van der Waals surface area contributed by atoms with Gasteiger partial charge in [0.15, 0.2) is 17.4 Å². The van der Waals surface area contributed by atoms with Crippen LogP contribution in [0.4, 0.5) is 19.3 Å². The highest BCUT2D eigenvalue weighted by Crippen LogP contribution is 2.31. The summed E-state index contributed by atoms with van der Waals surface area (Å²) in [5.41, 5.74) is -0.329. The van der Waals surface area contributed by atoms with Crippen molar-refractivity contribution in [2.75, 3.05) is 50.7 Å². The highest BCUT2D eigenvalue weighted by atomic mass is 32.2. The van der Waals surface area contributed by atoms with E-state index >= 15 is 8.78 Å². The molecule has 4 rings (SSSR count). The first-order valence-corrected chi connectivity index (χ1v) is 14.9. The number of hydrogen-bond acceptors (Lipinski definition) is 8. The van der Waals surface area contributed by atoms with Gasteiger partial charge in [0.25, 0.3) is 0 Å². The molecule has 3 aromatic rings. The Bertz CT molecular complexity index is 1600. The zero-order chi connectivity index (χ0) is 29.9. The van der Waals surface area contributed by atoms with Gasteiger partial charge in [-0.1, -0.05) is 26.0 Å². The largest absolute Gasteiger partial charge is 0.422 e. The van der Waals surface area contributed by atoms with Crippen molar-refractivity contribution in [1.82, 2.24) is 15.1 Å². The van der Waals surface area contributed by atoms with Crippen LogP contribution in [0.1, 0.15) is 30.5 Å². The summed E-state index contributed by atoms with van der Waals surface area (Å²) in [4.78, 5) is 28.6. The number of nitrogens with one attached hydrogen (secondary N) is 2. The van der Waals surface area contributed by atoms with E-state index in [0.717, 1.165) is 30.1 Å². The van der Waals surface area contributed by atoms with E-state index in [0.29, 0.717) is 18.7 Å². The highest BCUT2D eigenvalue weighted by Gasteiger charge is 2.24. The Balaban J connectivity index is 1.79. The van der Waals surface area contributed by atoms with Crippen LogP contribution in [-0.4, -0.2) is 70.3 Å². The van der Waals surface area contributed by atoms with Crippen molar-refractivity contribution in [2.24, 2.45) is 5.92 Å². The molecule has 0 bridgehead atoms. The molecule has 13 heteroatoms. The van der Waals surface area contributed by atoms with Gasteiger partial charge in [0, 0.05) is 70.3 Å². The molecule has 0 radical (unpaired) electrons. The molecule has 2 N–H and O–H groups in total. The van der Waals surface area contributed by atoms with Crippen molar-refractivity contribution in [2.45, 2.75) is 26.8 Å². The lowest BCUT2D eigenvalue weighted by atomic mass is 9.97. The molecule has 2 aromatic carbocycles. The Morgan fingerprint density at radius 2 is 1.88 bits per heavy atom. The van der Waals surface area contributed by atoms with Gasteiger partial charge in [0.2, 0.25) is 10.0 Å². The predicted octanol–water partition coefficient (Wildman–Crippen LogP) is 3.53. The van der Waals surface area contributed by atoms with Gasteiger partial charge in [0.1, 0.15) is 5.58 Å². The van der Waals surface area contributed by atoms with Gasteiger partial charge in [-0.2, -0.15) is 0 Å². The molecule has 1 aliphatic rings. The van der Waals surface area contributed by atoms with Crippen molar-refractivity contribution < 1.29 is 31.1 Å². The minimum Gasteiger partial charge on any atom is -0.422 e. The molecule has 0 saturated carbocycles. The van der Waals surface area contributed by atoms with Crippen molar-refractivity contribution >= 4 is 32.8 Å². The fourth-order valence-electron chi connectivity index (χ4n) is 4.65. The molecule has 1 amide bonds. The number of anilines is 1. The van der Waals surface area contributed by atoms with Crippen LogP contribution in [-0.2, 0) is 23.0 Å². The zero-order valence-corrected chi connectivity index (χ0v) is 24.2. The number of ether oxygens (including phenoxy) is 1. The zero-order valence-electron chi connectivity index (χ0n) is 23.4. The summed E-state index contributed by atoms with van der Waals surface area (Å²) in [5.74, 6) is -2.39. The number of benzene rings is 2. The maximum absolute atomic E-state index is 15.6. The molecule has 1 aromatic heterocycles. The number of piperazine rings is 1. The SMILES string of the molecule is CC(C)CS(=O)(=O)Nc1cccc(Cc2c(CN3CCNCC3)c3cc(F)c(OC(=O)N(C)C)cc3oc2=O)c1F. The topological polar surface area (TPSA) is 121 Å². The Morgan fingerprint density at radius 1 is 1.17 bits per heavy atom. The summed E-state index contributed by atoms with van der Waals surface area (Å²) in [6.45, 7) is 6.53. The van der Waals surface area contributed by atoms with E-state index in [1.807, 2.05) is 0 Å². The van der Waals surface area contributed by atoms with Gasteiger partial charge in [-0.3, -0.25) is 9.62 Å².